The molecule has 0 radical (unpaired) electrons. The first-order valence-corrected chi connectivity index (χ1v) is 7.11. The Balaban J connectivity index is 1.78. The lowest BCUT2D eigenvalue weighted by Gasteiger charge is -2.08. The van der Waals surface area contributed by atoms with Crippen LogP contribution in [-0.2, 0) is 0 Å². The van der Waals surface area contributed by atoms with Crippen molar-refractivity contribution in [3.8, 4) is 0 Å². The lowest BCUT2D eigenvalue weighted by molar-refractivity contribution is 0.722. The van der Waals surface area contributed by atoms with E-state index in [-0.39, 0.29) is 5.37 Å². The molecule has 1 aromatic carbocycles. The minimum Gasteiger partial charge on any atom is -0.289 e. The van der Waals surface area contributed by atoms with Crippen LogP contribution >= 0.6 is 11.8 Å². The Morgan fingerprint density at radius 2 is 1.84 bits per heavy atom. The van der Waals surface area contributed by atoms with E-state index in [2.05, 4.69) is 46.7 Å². The van der Waals surface area contributed by atoms with Gasteiger partial charge in [-0.05, 0) is 26.0 Å². The molecule has 0 aliphatic carbocycles. The first-order valence-electron chi connectivity index (χ1n) is 6.23. The molecule has 2 aromatic rings. The maximum absolute atomic E-state index is 4.54. The molecule has 1 aliphatic heterocycles. The molecule has 1 atom stereocenters. The smallest absolute Gasteiger partial charge is 0.137 e. The van der Waals surface area contributed by atoms with Crippen molar-refractivity contribution in [1.82, 2.24) is 10.4 Å². The number of benzene rings is 1. The molecule has 0 saturated carbocycles. The fourth-order valence-electron chi connectivity index (χ4n) is 1.95. The van der Waals surface area contributed by atoms with E-state index in [1.165, 1.54) is 5.56 Å². The van der Waals surface area contributed by atoms with Crippen LogP contribution in [0.2, 0.25) is 0 Å². The van der Waals surface area contributed by atoms with E-state index in [9.17, 15) is 0 Å². The highest BCUT2D eigenvalue weighted by Gasteiger charge is 2.22. The van der Waals surface area contributed by atoms with E-state index in [4.69, 9.17) is 0 Å². The minimum absolute atomic E-state index is 0.108. The van der Waals surface area contributed by atoms with Crippen LogP contribution in [-0.4, -0.2) is 10.0 Å². The normalized spacial score (nSPS) is 18.0. The summed E-state index contributed by atoms with van der Waals surface area (Å²) in [5.74, 6) is 0. The summed E-state index contributed by atoms with van der Waals surface area (Å²) in [6.07, 6.45) is 0. The number of hydrogen-bond acceptors (Lipinski definition) is 4. The maximum Gasteiger partial charge on any atom is 0.137 e. The topological polar surface area (TPSA) is 37.3 Å². The number of thioether (sulfide) groups is 1. The molecule has 1 aromatic heterocycles. The number of rotatable bonds is 2. The Bertz CT molecular complexity index is 620. The third kappa shape index (κ3) is 2.63. The molecule has 0 spiro atoms. The Hall–Kier alpha value is -1.81. The van der Waals surface area contributed by atoms with E-state index in [1.807, 2.05) is 25.1 Å². The maximum atomic E-state index is 4.54. The quantitative estimate of drug-likeness (QED) is 0.908. The summed E-state index contributed by atoms with van der Waals surface area (Å²) < 4.78 is 0. The summed E-state index contributed by atoms with van der Waals surface area (Å²) in [6.45, 7) is 4.09. The van der Waals surface area contributed by atoms with Gasteiger partial charge in [-0.25, -0.2) is 0 Å². The van der Waals surface area contributed by atoms with Crippen molar-refractivity contribution in [2.75, 3.05) is 0 Å². The molecule has 19 heavy (non-hydrogen) atoms. The summed E-state index contributed by atoms with van der Waals surface area (Å²) in [4.78, 5) is 4.54. The fourth-order valence-corrected chi connectivity index (χ4v) is 2.91. The van der Waals surface area contributed by atoms with Gasteiger partial charge in [0.2, 0.25) is 0 Å². The lowest BCUT2D eigenvalue weighted by Crippen LogP contribution is -2.08. The van der Waals surface area contributed by atoms with Gasteiger partial charge < -0.3 is 0 Å². The average molecular weight is 269 g/mol. The number of nitrogens with one attached hydrogen (secondary N) is 1. The summed E-state index contributed by atoms with van der Waals surface area (Å²) in [6, 6.07) is 14.5. The zero-order valence-electron chi connectivity index (χ0n) is 10.9. The Morgan fingerprint density at radius 1 is 1.05 bits per heavy atom. The second-order valence-electron chi connectivity index (χ2n) is 4.61. The van der Waals surface area contributed by atoms with Gasteiger partial charge in [0.15, 0.2) is 0 Å². The van der Waals surface area contributed by atoms with Crippen LogP contribution in [0.1, 0.15) is 27.9 Å². The predicted molar refractivity (Wildman–Crippen MR) is 80.2 cm³/mol. The van der Waals surface area contributed by atoms with Crippen LogP contribution in [0, 0.1) is 13.8 Å². The lowest BCUT2D eigenvalue weighted by atomic mass is 10.2. The largest absolute Gasteiger partial charge is 0.289 e. The standard InChI is InChI=1S/C15H15N3S/c1-10-6-8-12(9-7-10)14-17-18-15(19-14)13-5-3-4-11(2)16-13/h3-9,15,18H,1-2H3/t15-/m0/s1. The molecular formula is C15H15N3S. The summed E-state index contributed by atoms with van der Waals surface area (Å²) in [5, 5.41) is 5.54. The number of hydrazone groups is 1. The van der Waals surface area contributed by atoms with E-state index >= 15 is 0 Å². The molecule has 4 heteroatoms. The van der Waals surface area contributed by atoms with Gasteiger partial charge in [-0.2, -0.15) is 5.10 Å². The van der Waals surface area contributed by atoms with Crippen molar-refractivity contribution in [2.45, 2.75) is 19.2 Å². The van der Waals surface area contributed by atoms with Crippen LogP contribution < -0.4 is 5.43 Å². The molecule has 96 valence electrons. The van der Waals surface area contributed by atoms with Gasteiger partial charge >= 0.3 is 0 Å². The number of hydrogen-bond donors (Lipinski definition) is 1. The molecular weight excluding hydrogens is 254 g/mol. The van der Waals surface area contributed by atoms with E-state index < -0.39 is 0 Å². The van der Waals surface area contributed by atoms with Crippen LogP contribution in [0.15, 0.2) is 47.6 Å². The number of aryl methyl sites for hydroxylation is 2. The molecule has 3 nitrogen and oxygen atoms in total. The van der Waals surface area contributed by atoms with Crippen LogP contribution in [0.25, 0.3) is 0 Å². The second kappa shape index (κ2) is 5.05. The van der Waals surface area contributed by atoms with E-state index in [0.29, 0.717) is 0 Å². The van der Waals surface area contributed by atoms with Gasteiger partial charge in [0.1, 0.15) is 10.4 Å². The van der Waals surface area contributed by atoms with E-state index in [0.717, 1.165) is 22.0 Å². The zero-order valence-corrected chi connectivity index (χ0v) is 11.7. The van der Waals surface area contributed by atoms with Gasteiger partial charge in [-0.3, -0.25) is 10.4 Å². The number of pyridine rings is 1. The van der Waals surface area contributed by atoms with Gasteiger partial charge in [0, 0.05) is 11.3 Å². The highest BCUT2D eigenvalue weighted by Crippen LogP contribution is 2.33. The SMILES string of the molecule is Cc1ccc(C2=NN[C@H](c3cccc(C)n3)S2)cc1. The molecule has 0 saturated heterocycles. The fraction of sp³-hybridized carbons (Fsp3) is 0.200. The number of nitrogens with zero attached hydrogens (tertiary/aromatic N) is 2. The molecule has 0 unspecified atom stereocenters. The van der Waals surface area contributed by atoms with Gasteiger partial charge in [0.05, 0.1) is 5.69 Å². The zero-order chi connectivity index (χ0) is 13.2. The van der Waals surface area contributed by atoms with Crippen molar-refractivity contribution >= 4 is 16.8 Å². The van der Waals surface area contributed by atoms with Crippen molar-refractivity contribution < 1.29 is 0 Å². The Kier molecular flexibility index (Phi) is 3.25. The number of aromatic nitrogens is 1. The highest BCUT2D eigenvalue weighted by molar-refractivity contribution is 8.14. The molecule has 0 fully saturated rings. The van der Waals surface area contributed by atoms with Crippen LogP contribution in [0.5, 0.6) is 0 Å². The van der Waals surface area contributed by atoms with E-state index in [1.54, 1.807) is 11.8 Å². The highest BCUT2D eigenvalue weighted by atomic mass is 32.2. The van der Waals surface area contributed by atoms with Gasteiger partial charge in [-0.1, -0.05) is 47.7 Å². The molecule has 0 bridgehead atoms. The first kappa shape index (κ1) is 12.2. The second-order valence-corrected chi connectivity index (χ2v) is 5.71. The van der Waals surface area contributed by atoms with Crippen LogP contribution in [0.4, 0.5) is 0 Å². The van der Waals surface area contributed by atoms with Crippen LogP contribution in [0.3, 0.4) is 0 Å². The van der Waals surface area contributed by atoms with Gasteiger partial charge in [0.25, 0.3) is 0 Å². The predicted octanol–water partition coefficient (Wildman–Crippen LogP) is 3.40. The molecule has 2 heterocycles. The molecule has 3 rings (SSSR count). The van der Waals surface area contributed by atoms with Crippen molar-refractivity contribution in [2.24, 2.45) is 5.10 Å². The monoisotopic (exact) mass is 269 g/mol. The Morgan fingerprint density at radius 3 is 2.58 bits per heavy atom. The van der Waals surface area contributed by atoms with Crippen molar-refractivity contribution in [3.63, 3.8) is 0 Å². The third-order valence-electron chi connectivity index (χ3n) is 2.99. The molecule has 1 aliphatic rings. The average Bonchev–Trinajstić information content (AvgIpc) is 2.89. The molecule has 0 amide bonds. The van der Waals surface area contributed by atoms with Crippen molar-refractivity contribution in [1.29, 1.82) is 0 Å². The van der Waals surface area contributed by atoms with Crippen molar-refractivity contribution in [3.05, 3.63) is 65.0 Å². The third-order valence-corrected chi connectivity index (χ3v) is 4.12. The summed E-state index contributed by atoms with van der Waals surface area (Å²) >= 11 is 1.71. The molecule has 1 N–H and O–H groups in total. The minimum atomic E-state index is 0.108. The first-order chi connectivity index (χ1) is 9.22. The summed E-state index contributed by atoms with van der Waals surface area (Å²) in [7, 11) is 0. The summed E-state index contributed by atoms with van der Waals surface area (Å²) in [5.41, 5.74) is 7.62. The Labute approximate surface area is 117 Å². The van der Waals surface area contributed by atoms with Gasteiger partial charge in [-0.15, -0.1) is 0 Å².